The highest BCUT2D eigenvalue weighted by Crippen LogP contribution is 2.24. The van der Waals surface area contributed by atoms with Crippen molar-refractivity contribution in [1.82, 2.24) is 10.2 Å². The van der Waals surface area contributed by atoms with Gasteiger partial charge in [-0.1, -0.05) is 6.07 Å². The Morgan fingerprint density at radius 1 is 1.19 bits per heavy atom. The Morgan fingerprint density at radius 2 is 2.00 bits per heavy atom. The number of hydrogen-bond acceptors (Lipinski definition) is 4. The topological polar surface area (TPSA) is 46.1 Å². The first-order chi connectivity index (χ1) is 12.2. The minimum absolute atomic E-state index is 0. The van der Waals surface area contributed by atoms with Gasteiger partial charge in [-0.2, -0.15) is 0 Å². The van der Waals surface area contributed by atoms with Crippen LogP contribution < -0.4 is 14.8 Å². The summed E-state index contributed by atoms with van der Waals surface area (Å²) in [4.78, 5) is 7.92. The quantitative estimate of drug-likeness (QED) is 0.349. The van der Waals surface area contributed by atoms with Crippen LogP contribution in [-0.4, -0.2) is 52.3 Å². The molecule has 5 nitrogen and oxygen atoms in total. The third-order valence-electron chi connectivity index (χ3n) is 4.01. The average Bonchev–Trinajstić information content (AvgIpc) is 3.16. The number of ether oxygens (including phenoxy) is 2. The molecule has 1 aromatic heterocycles. The number of aliphatic imine (C=N–C) groups is 1. The molecule has 1 aromatic carbocycles. The second-order valence-electron chi connectivity index (χ2n) is 5.65. The first-order valence-electron chi connectivity index (χ1n) is 8.33. The summed E-state index contributed by atoms with van der Waals surface area (Å²) in [5.41, 5.74) is 1.12. The van der Waals surface area contributed by atoms with E-state index >= 15 is 0 Å². The normalized spacial score (nSPS) is 10.8. The Bertz CT molecular complexity index is 677. The van der Waals surface area contributed by atoms with E-state index in [1.54, 1.807) is 25.6 Å². The molecule has 0 saturated carbocycles. The van der Waals surface area contributed by atoms with Crippen molar-refractivity contribution in [3.63, 3.8) is 0 Å². The molecule has 0 aliphatic heterocycles. The van der Waals surface area contributed by atoms with Crippen LogP contribution in [-0.2, 0) is 12.8 Å². The molecule has 1 heterocycles. The van der Waals surface area contributed by atoms with Crippen molar-refractivity contribution in [3.8, 4) is 11.5 Å². The Balaban J connectivity index is 0.00000338. The zero-order valence-electron chi connectivity index (χ0n) is 15.8. The van der Waals surface area contributed by atoms with E-state index in [4.69, 9.17) is 9.47 Å². The zero-order chi connectivity index (χ0) is 18.1. The van der Waals surface area contributed by atoms with Gasteiger partial charge in [-0.05, 0) is 48.1 Å². The molecule has 0 radical (unpaired) electrons. The Kier molecular flexibility index (Phi) is 10.4. The first-order valence-corrected chi connectivity index (χ1v) is 9.21. The number of likely N-dealkylation sites (N-methyl/N-ethyl adjacent to an activating group) is 1. The number of nitrogens with one attached hydrogen (secondary N) is 1. The van der Waals surface area contributed by atoms with E-state index < -0.39 is 0 Å². The molecule has 0 aliphatic carbocycles. The van der Waals surface area contributed by atoms with Crippen LogP contribution in [0, 0.1) is 0 Å². The lowest BCUT2D eigenvalue weighted by atomic mass is 10.1. The fourth-order valence-electron chi connectivity index (χ4n) is 2.61. The van der Waals surface area contributed by atoms with Crippen LogP contribution in [0.5, 0.6) is 11.5 Å². The van der Waals surface area contributed by atoms with E-state index in [0.29, 0.717) is 0 Å². The maximum Gasteiger partial charge on any atom is 0.193 e. The molecule has 0 fully saturated rings. The standard InChI is InChI=1S/C19H27N3O2S.HI/c1-20-19(22(2)12-10-17-6-5-13-25-17)21-11-9-15-14-16(23-3)7-8-18(15)24-4;/h5-8,13-14H,9-12H2,1-4H3,(H,20,21);1H. The summed E-state index contributed by atoms with van der Waals surface area (Å²) in [6.45, 7) is 1.71. The molecule has 0 unspecified atom stereocenters. The molecule has 2 aromatic rings. The van der Waals surface area contributed by atoms with Crippen LogP contribution in [0.25, 0.3) is 0 Å². The van der Waals surface area contributed by atoms with Crippen LogP contribution >= 0.6 is 35.3 Å². The number of methoxy groups -OCH3 is 2. The summed E-state index contributed by atoms with van der Waals surface area (Å²) in [5, 5.41) is 5.53. The smallest absolute Gasteiger partial charge is 0.193 e. The number of rotatable bonds is 8. The van der Waals surface area contributed by atoms with E-state index in [1.165, 1.54) is 4.88 Å². The SMILES string of the molecule is CN=C(NCCc1cc(OC)ccc1OC)N(C)CCc1cccs1.I. The number of hydrogen-bond donors (Lipinski definition) is 1. The minimum Gasteiger partial charge on any atom is -0.497 e. The van der Waals surface area contributed by atoms with Gasteiger partial charge in [0.05, 0.1) is 14.2 Å². The molecule has 0 aliphatic rings. The van der Waals surface area contributed by atoms with Crippen molar-refractivity contribution in [2.24, 2.45) is 4.99 Å². The second kappa shape index (κ2) is 12.0. The van der Waals surface area contributed by atoms with E-state index in [9.17, 15) is 0 Å². The van der Waals surface area contributed by atoms with Gasteiger partial charge in [-0.25, -0.2) is 0 Å². The number of halogens is 1. The first kappa shape index (κ1) is 22.6. The Hall–Kier alpha value is -1.48. The molecular formula is C19H28IN3O2S. The summed E-state index contributed by atoms with van der Waals surface area (Å²) in [6, 6.07) is 10.1. The molecule has 144 valence electrons. The van der Waals surface area contributed by atoms with Crippen molar-refractivity contribution in [1.29, 1.82) is 0 Å². The van der Waals surface area contributed by atoms with Gasteiger partial charge in [0.25, 0.3) is 0 Å². The molecule has 0 bridgehead atoms. The molecule has 1 N–H and O–H groups in total. The summed E-state index contributed by atoms with van der Waals surface area (Å²) in [6.07, 6.45) is 1.86. The summed E-state index contributed by atoms with van der Waals surface area (Å²) < 4.78 is 10.7. The van der Waals surface area contributed by atoms with Crippen molar-refractivity contribution < 1.29 is 9.47 Å². The van der Waals surface area contributed by atoms with E-state index in [0.717, 1.165) is 49.0 Å². The fraction of sp³-hybridized carbons (Fsp3) is 0.421. The predicted molar refractivity (Wildman–Crippen MR) is 121 cm³/mol. The maximum atomic E-state index is 5.43. The van der Waals surface area contributed by atoms with Gasteiger partial charge >= 0.3 is 0 Å². The van der Waals surface area contributed by atoms with Crippen molar-refractivity contribution in [2.45, 2.75) is 12.8 Å². The predicted octanol–water partition coefficient (Wildman–Crippen LogP) is 3.68. The third-order valence-corrected chi connectivity index (χ3v) is 4.95. The van der Waals surface area contributed by atoms with Gasteiger partial charge in [0.15, 0.2) is 5.96 Å². The van der Waals surface area contributed by atoms with E-state index in [1.807, 2.05) is 25.2 Å². The molecular weight excluding hydrogens is 461 g/mol. The van der Waals surface area contributed by atoms with Crippen molar-refractivity contribution in [2.75, 3.05) is 41.4 Å². The fourth-order valence-corrected chi connectivity index (χ4v) is 3.31. The van der Waals surface area contributed by atoms with Gasteiger partial charge in [0.2, 0.25) is 0 Å². The average molecular weight is 489 g/mol. The number of nitrogens with zero attached hydrogens (tertiary/aromatic N) is 2. The highest BCUT2D eigenvalue weighted by molar-refractivity contribution is 14.0. The number of thiophene rings is 1. The van der Waals surface area contributed by atoms with Gasteiger partial charge in [0, 0.05) is 32.1 Å². The monoisotopic (exact) mass is 489 g/mol. The Morgan fingerprint density at radius 3 is 2.62 bits per heavy atom. The highest BCUT2D eigenvalue weighted by Gasteiger charge is 2.08. The molecule has 26 heavy (non-hydrogen) atoms. The lowest BCUT2D eigenvalue weighted by Gasteiger charge is -2.22. The van der Waals surface area contributed by atoms with Crippen LogP contribution in [0.3, 0.4) is 0 Å². The molecule has 0 spiro atoms. The Labute approximate surface area is 177 Å². The number of guanidine groups is 1. The molecule has 2 rings (SSSR count). The van der Waals surface area contributed by atoms with Crippen LogP contribution in [0.1, 0.15) is 10.4 Å². The highest BCUT2D eigenvalue weighted by atomic mass is 127. The maximum absolute atomic E-state index is 5.43. The minimum atomic E-state index is 0. The van der Waals surface area contributed by atoms with Gasteiger partial charge in [-0.15, -0.1) is 35.3 Å². The zero-order valence-corrected chi connectivity index (χ0v) is 19.0. The summed E-state index contributed by atoms with van der Waals surface area (Å²) in [5.74, 6) is 2.62. The van der Waals surface area contributed by atoms with Gasteiger partial charge in [-0.3, -0.25) is 4.99 Å². The second-order valence-corrected chi connectivity index (χ2v) is 6.68. The van der Waals surface area contributed by atoms with Crippen LogP contribution in [0.4, 0.5) is 0 Å². The van der Waals surface area contributed by atoms with Crippen molar-refractivity contribution in [3.05, 3.63) is 46.2 Å². The lowest BCUT2D eigenvalue weighted by Crippen LogP contribution is -2.40. The lowest BCUT2D eigenvalue weighted by molar-refractivity contribution is 0.398. The van der Waals surface area contributed by atoms with Gasteiger partial charge < -0.3 is 19.7 Å². The largest absolute Gasteiger partial charge is 0.497 e. The van der Waals surface area contributed by atoms with E-state index in [-0.39, 0.29) is 24.0 Å². The summed E-state index contributed by atoms with van der Waals surface area (Å²) >= 11 is 1.79. The van der Waals surface area contributed by atoms with Crippen molar-refractivity contribution >= 4 is 41.3 Å². The molecule has 0 saturated heterocycles. The molecule has 0 amide bonds. The molecule has 7 heteroatoms. The van der Waals surface area contributed by atoms with Gasteiger partial charge in [0.1, 0.15) is 11.5 Å². The number of benzene rings is 1. The summed E-state index contributed by atoms with van der Waals surface area (Å²) in [7, 11) is 7.25. The van der Waals surface area contributed by atoms with Crippen LogP contribution in [0.2, 0.25) is 0 Å². The van der Waals surface area contributed by atoms with Crippen LogP contribution in [0.15, 0.2) is 40.7 Å². The van der Waals surface area contributed by atoms with E-state index in [2.05, 4.69) is 39.8 Å². The third kappa shape index (κ3) is 6.68. The molecule has 0 atom stereocenters.